The summed E-state index contributed by atoms with van der Waals surface area (Å²) in [5, 5.41) is 0. The minimum Gasteiger partial charge on any atom is -0.269 e. The van der Waals surface area contributed by atoms with Gasteiger partial charge in [-0.3, -0.25) is 4.90 Å². The monoisotopic (exact) mass is 145 g/mol. The highest BCUT2D eigenvalue weighted by atomic mass is 19.1. The van der Waals surface area contributed by atoms with Crippen LogP contribution in [0.5, 0.6) is 0 Å². The van der Waals surface area contributed by atoms with Crippen LogP contribution in [0.25, 0.3) is 0 Å². The fourth-order valence-electron chi connectivity index (χ4n) is 1.75. The number of nitrogens with zero attached hydrogens (tertiary/aromatic N) is 1. The molecule has 1 aliphatic rings. The van der Waals surface area contributed by atoms with Crippen molar-refractivity contribution < 1.29 is 4.39 Å². The van der Waals surface area contributed by atoms with E-state index >= 15 is 0 Å². The summed E-state index contributed by atoms with van der Waals surface area (Å²) >= 11 is 0. The molecule has 0 N–H and O–H groups in total. The van der Waals surface area contributed by atoms with E-state index in [-0.39, 0.29) is 0 Å². The van der Waals surface area contributed by atoms with Crippen molar-refractivity contribution in [2.45, 2.75) is 45.4 Å². The molecule has 0 aromatic rings. The van der Waals surface area contributed by atoms with E-state index in [1.54, 1.807) is 6.92 Å². The Kier molecular flexibility index (Phi) is 1.99. The van der Waals surface area contributed by atoms with Crippen LogP contribution in [0.4, 0.5) is 4.39 Å². The van der Waals surface area contributed by atoms with Gasteiger partial charge in [0.1, 0.15) is 0 Å². The van der Waals surface area contributed by atoms with Gasteiger partial charge in [-0.1, -0.05) is 0 Å². The second-order valence-corrected chi connectivity index (χ2v) is 3.53. The van der Waals surface area contributed by atoms with Crippen molar-refractivity contribution in [3.05, 3.63) is 0 Å². The highest BCUT2D eigenvalue weighted by molar-refractivity contribution is 4.84. The zero-order chi connectivity index (χ0) is 7.78. The third kappa shape index (κ3) is 1.31. The lowest BCUT2D eigenvalue weighted by atomic mass is 10.2. The molecule has 0 aromatic heterocycles. The summed E-state index contributed by atoms with van der Waals surface area (Å²) in [6.07, 6.45) is 1.70. The molecule has 1 rings (SSSR count). The van der Waals surface area contributed by atoms with Gasteiger partial charge >= 0.3 is 0 Å². The van der Waals surface area contributed by atoms with Crippen molar-refractivity contribution >= 4 is 0 Å². The maximum absolute atomic E-state index is 13.5. The number of hydrogen-bond acceptors (Lipinski definition) is 1. The molecular formula is C8H16FN. The maximum atomic E-state index is 13.5. The second kappa shape index (κ2) is 2.50. The molecular weight excluding hydrogens is 129 g/mol. The Bertz CT molecular complexity index is 120. The van der Waals surface area contributed by atoms with Crippen molar-refractivity contribution in [1.82, 2.24) is 4.90 Å². The minimum absolute atomic E-state index is 0.345. The van der Waals surface area contributed by atoms with Crippen LogP contribution >= 0.6 is 0 Å². The molecule has 0 amide bonds. The number of rotatable bonds is 1. The topological polar surface area (TPSA) is 3.24 Å². The molecule has 1 nitrogen and oxygen atoms in total. The first kappa shape index (κ1) is 7.99. The Balaban J connectivity index is 2.59. The Morgan fingerprint density at radius 3 is 2.30 bits per heavy atom. The molecule has 0 spiro atoms. The lowest BCUT2D eigenvalue weighted by Crippen LogP contribution is -2.41. The first-order chi connectivity index (χ1) is 4.54. The summed E-state index contributed by atoms with van der Waals surface area (Å²) in [6.45, 7) is 6.69. The van der Waals surface area contributed by atoms with Gasteiger partial charge in [0.05, 0.1) is 0 Å². The summed E-state index contributed by atoms with van der Waals surface area (Å²) in [7, 11) is 0. The zero-order valence-electron chi connectivity index (χ0n) is 7.02. The van der Waals surface area contributed by atoms with E-state index in [0.29, 0.717) is 12.5 Å². The SMILES string of the molecule is CC(C)N1CCCC1(C)F. The number of likely N-dealkylation sites (tertiary alicyclic amines) is 1. The van der Waals surface area contributed by atoms with E-state index in [1.165, 1.54) is 0 Å². The zero-order valence-corrected chi connectivity index (χ0v) is 7.02. The molecule has 1 fully saturated rings. The quantitative estimate of drug-likeness (QED) is 0.511. The largest absolute Gasteiger partial charge is 0.269 e. The third-order valence-corrected chi connectivity index (χ3v) is 2.25. The van der Waals surface area contributed by atoms with Crippen molar-refractivity contribution in [1.29, 1.82) is 0 Å². The van der Waals surface area contributed by atoms with Gasteiger partial charge in [-0.15, -0.1) is 0 Å². The van der Waals surface area contributed by atoms with Crippen molar-refractivity contribution in [2.75, 3.05) is 6.54 Å². The fourth-order valence-corrected chi connectivity index (χ4v) is 1.75. The Hall–Kier alpha value is -0.110. The Morgan fingerprint density at radius 2 is 2.10 bits per heavy atom. The lowest BCUT2D eigenvalue weighted by Gasteiger charge is -2.30. The van der Waals surface area contributed by atoms with E-state index in [4.69, 9.17) is 0 Å². The molecule has 2 heteroatoms. The van der Waals surface area contributed by atoms with Crippen molar-refractivity contribution in [3.63, 3.8) is 0 Å². The smallest absolute Gasteiger partial charge is 0.161 e. The van der Waals surface area contributed by atoms with Crippen molar-refractivity contribution in [2.24, 2.45) is 0 Å². The van der Waals surface area contributed by atoms with E-state index in [9.17, 15) is 4.39 Å². The van der Waals surface area contributed by atoms with Gasteiger partial charge in [0.15, 0.2) is 5.79 Å². The first-order valence-corrected chi connectivity index (χ1v) is 4.00. The van der Waals surface area contributed by atoms with Crippen LogP contribution < -0.4 is 0 Å². The first-order valence-electron chi connectivity index (χ1n) is 4.00. The molecule has 0 saturated carbocycles. The molecule has 0 radical (unpaired) electrons. The molecule has 1 heterocycles. The van der Waals surface area contributed by atoms with Gasteiger partial charge in [-0.05, 0) is 33.6 Å². The van der Waals surface area contributed by atoms with Crippen LogP contribution in [0, 0.1) is 0 Å². The second-order valence-electron chi connectivity index (χ2n) is 3.53. The van der Waals surface area contributed by atoms with Crippen LogP contribution in [-0.4, -0.2) is 23.3 Å². The van der Waals surface area contributed by atoms with E-state index < -0.39 is 5.79 Å². The fraction of sp³-hybridized carbons (Fsp3) is 1.00. The Morgan fingerprint density at radius 1 is 1.50 bits per heavy atom. The number of hydrogen-bond donors (Lipinski definition) is 0. The molecule has 0 aliphatic carbocycles. The molecule has 0 bridgehead atoms. The Labute approximate surface area is 62.2 Å². The summed E-state index contributed by atoms with van der Waals surface area (Å²) in [4.78, 5) is 1.92. The van der Waals surface area contributed by atoms with E-state index in [0.717, 1.165) is 13.0 Å². The minimum atomic E-state index is -1.03. The highest BCUT2D eigenvalue weighted by Gasteiger charge is 2.37. The summed E-state index contributed by atoms with van der Waals surface area (Å²) < 4.78 is 13.5. The van der Waals surface area contributed by atoms with Gasteiger partial charge in [0, 0.05) is 12.6 Å². The number of halogens is 1. The van der Waals surface area contributed by atoms with Gasteiger partial charge in [-0.25, -0.2) is 4.39 Å². The molecule has 10 heavy (non-hydrogen) atoms. The summed E-state index contributed by atoms with van der Waals surface area (Å²) in [5.74, 6) is -1.03. The summed E-state index contributed by atoms with van der Waals surface area (Å²) in [6, 6.07) is 0.345. The van der Waals surface area contributed by atoms with Gasteiger partial charge in [-0.2, -0.15) is 0 Å². The average Bonchev–Trinajstić information content (AvgIpc) is 2.08. The van der Waals surface area contributed by atoms with E-state index in [1.807, 2.05) is 18.7 Å². The molecule has 0 aromatic carbocycles. The van der Waals surface area contributed by atoms with Crippen LogP contribution in [0.1, 0.15) is 33.6 Å². The van der Waals surface area contributed by atoms with Gasteiger partial charge in [0.25, 0.3) is 0 Å². The molecule has 1 atom stereocenters. The molecule has 1 aliphatic heterocycles. The van der Waals surface area contributed by atoms with Gasteiger partial charge in [0.2, 0.25) is 0 Å². The molecule has 60 valence electrons. The average molecular weight is 145 g/mol. The standard InChI is InChI=1S/C8H16FN/c1-7(2)10-6-4-5-8(10,3)9/h7H,4-6H2,1-3H3. The predicted octanol–water partition coefficient (Wildman–Crippen LogP) is 2.18. The normalized spacial score (nSPS) is 35.7. The predicted molar refractivity (Wildman–Crippen MR) is 40.6 cm³/mol. The van der Waals surface area contributed by atoms with Crippen LogP contribution in [0.3, 0.4) is 0 Å². The molecule has 1 unspecified atom stereocenters. The van der Waals surface area contributed by atoms with Crippen molar-refractivity contribution in [3.8, 4) is 0 Å². The van der Waals surface area contributed by atoms with Gasteiger partial charge < -0.3 is 0 Å². The third-order valence-electron chi connectivity index (χ3n) is 2.25. The van der Waals surface area contributed by atoms with Crippen LogP contribution in [0.15, 0.2) is 0 Å². The summed E-state index contributed by atoms with van der Waals surface area (Å²) in [5.41, 5.74) is 0. The molecule has 1 saturated heterocycles. The number of alkyl halides is 1. The van der Waals surface area contributed by atoms with Crippen LogP contribution in [0.2, 0.25) is 0 Å². The maximum Gasteiger partial charge on any atom is 0.161 e. The highest BCUT2D eigenvalue weighted by Crippen LogP contribution is 2.31. The lowest BCUT2D eigenvalue weighted by molar-refractivity contribution is -0.00238. The van der Waals surface area contributed by atoms with Crippen LogP contribution in [-0.2, 0) is 0 Å². The van der Waals surface area contributed by atoms with E-state index in [2.05, 4.69) is 0 Å².